The first-order valence-corrected chi connectivity index (χ1v) is 7.75. The number of aromatic nitrogens is 2. The van der Waals surface area contributed by atoms with Crippen LogP contribution in [0.3, 0.4) is 0 Å². The fourth-order valence-corrected chi connectivity index (χ4v) is 2.73. The van der Waals surface area contributed by atoms with Crippen LogP contribution in [-0.4, -0.2) is 29.0 Å². The molecule has 120 valence electrons. The quantitative estimate of drug-likeness (QED) is 0.914. The van der Waals surface area contributed by atoms with E-state index in [0.29, 0.717) is 11.3 Å². The summed E-state index contributed by atoms with van der Waals surface area (Å²) in [6, 6.07) is 6.07. The number of piperidine rings is 1. The minimum atomic E-state index is -0.468. The average molecular weight is 314 g/mol. The Balaban J connectivity index is 1.77. The number of hydrogen-bond donors (Lipinski definition) is 2. The second-order valence-corrected chi connectivity index (χ2v) is 5.70. The van der Waals surface area contributed by atoms with Crippen LogP contribution < -0.4 is 10.6 Å². The summed E-state index contributed by atoms with van der Waals surface area (Å²) in [6.07, 6.45) is 3.68. The van der Waals surface area contributed by atoms with Crippen LogP contribution in [0, 0.1) is 12.7 Å². The van der Waals surface area contributed by atoms with Crippen LogP contribution in [0.5, 0.6) is 0 Å². The van der Waals surface area contributed by atoms with Gasteiger partial charge in [-0.05, 0) is 38.4 Å². The van der Waals surface area contributed by atoms with Crippen molar-refractivity contribution in [1.82, 2.24) is 15.3 Å². The lowest BCUT2D eigenvalue weighted by Gasteiger charge is -2.21. The van der Waals surface area contributed by atoms with E-state index in [4.69, 9.17) is 0 Å². The molecule has 1 saturated heterocycles. The Hall–Kier alpha value is -2.34. The third-order valence-electron chi connectivity index (χ3n) is 4.03. The largest absolute Gasteiger partial charge is 0.319 e. The van der Waals surface area contributed by atoms with Gasteiger partial charge >= 0.3 is 0 Å². The molecule has 0 saturated carbocycles. The molecule has 1 fully saturated rings. The van der Waals surface area contributed by atoms with Gasteiger partial charge in [0.05, 0.1) is 16.9 Å². The normalized spacial score (nSPS) is 17.7. The van der Waals surface area contributed by atoms with Gasteiger partial charge in [-0.2, -0.15) is 0 Å². The van der Waals surface area contributed by atoms with Gasteiger partial charge in [-0.15, -0.1) is 0 Å². The molecule has 3 rings (SSSR count). The Morgan fingerprint density at radius 3 is 2.91 bits per heavy atom. The van der Waals surface area contributed by atoms with E-state index in [1.807, 2.05) is 0 Å². The lowest BCUT2D eigenvalue weighted by Crippen LogP contribution is -2.29. The van der Waals surface area contributed by atoms with E-state index in [1.165, 1.54) is 18.3 Å². The van der Waals surface area contributed by atoms with E-state index in [-0.39, 0.29) is 11.6 Å². The molecule has 0 aliphatic carbocycles. The van der Waals surface area contributed by atoms with Crippen molar-refractivity contribution in [2.24, 2.45) is 0 Å². The standard InChI is InChI=1S/C17H19FN4O/c1-11-13(17(23)22-15-7-3-2-6-14(15)18)10-20-16(21-11)12-5-4-8-19-9-12/h2-3,6-7,10,12,19H,4-5,8-9H2,1H3,(H,22,23)/t12-/m0/s1. The number of hydrogen-bond acceptors (Lipinski definition) is 4. The SMILES string of the molecule is Cc1nc([C@H]2CCCNC2)ncc1C(=O)Nc1ccccc1F. The second kappa shape index (κ2) is 6.83. The summed E-state index contributed by atoms with van der Waals surface area (Å²) in [6.45, 7) is 3.66. The summed E-state index contributed by atoms with van der Waals surface area (Å²) in [7, 11) is 0. The molecule has 1 aliphatic heterocycles. The van der Waals surface area contributed by atoms with Gasteiger partial charge < -0.3 is 10.6 Å². The predicted octanol–water partition coefficient (Wildman–Crippen LogP) is 2.64. The Morgan fingerprint density at radius 2 is 2.22 bits per heavy atom. The molecule has 2 heterocycles. The van der Waals surface area contributed by atoms with Crippen molar-refractivity contribution in [2.45, 2.75) is 25.7 Å². The monoisotopic (exact) mass is 314 g/mol. The summed E-state index contributed by atoms with van der Waals surface area (Å²) >= 11 is 0. The number of halogens is 1. The highest BCUT2D eigenvalue weighted by atomic mass is 19.1. The molecule has 1 aliphatic rings. The summed E-state index contributed by atoms with van der Waals surface area (Å²) in [5.41, 5.74) is 1.12. The Morgan fingerprint density at radius 1 is 1.39 bits per heavy atom. The number of aryl methyl sites for hydroxylation is 1. The summed E-state index contributed by atoms with van der Waals surface area (Å²) in [4.78, 5) is 21.1. The first kappa shape index (κ1) is 15.6. The molecule has 1 amide bonds. The van der Waals surface area contributed by atoms with Crippen LogP contribution >= 0.6 is 0 Å². The molecule has 0 bridgehead atoms. The highest BCUT2D eigenvalue weighted by Gasteiger charge is 2.20. The van der Waals surface area contributed by atoms with Crippen LogP contribution in [0.15, 0.2) is 30.5 Å². The molecule has 0 spiro atoms. The van der Waals surface area contributed by atoms with E-state index in [1.54, 1.807) is 19.1 Å². The van der Waals surface area contributed by atoms with Crippen molar-refractivity contribution in [2.75, 3.05) is 18.4 Å². The number of carbonyl (C=O) groups excluding carboxylic acids is 1. The van der Waals surface area contributed by atoms with Crippen LogP contribution in [0.1, 0.15) is 40.6 Å². The molecule has 1 aromatic heterocycles. The van der Waals surface area contributed by atoms with Crippen molar-refractivity contribution in [3.63, 3.8) is 0 Å². The molecular formula is C17H19FN4O. The molecule has 5 nitrogen and oxygen atoms in total. The molecule has 1 atom stereocenters. The molecule has 0 radical (unpaired) electrons. The number of anilines is 1. The van der Waals surface area contributed by atoms with Crippen molar-refractivity contribution in [3.8, 4) is 0 Å². The van der Waals surface area contributed by atoms with Crippen LogP contribution in [0.25, 0.3) is 0 Å². The van der Waals surface area contributed by atoms with Crippen molar-refractivity contribution in [3.05, 3.63) is 53.4 Å². The lowest BCUT2D eigenvalue weighted by atomic mass is 9.98. The van der Waals surface area contributed by atoms with Gasteiger partial charge in [-0.25, -0.2) is 14.4 Å². The van der Waals surface area contributed by atoms with Crippen molar-refractivity contribution >= 4 is 11.6 Å². The van der Waals surface area contributed by atoms with E-state index in [0.717, 1.165) is 31.8 Å². The molecular weight excluding hydrogens is 295 g/mol. The van der Waals surface area contributed by atoms with E-state index in [2.05, 4.69) is 20.6 Å². The molecule has 1 aromatic carbocycles. The zero-order valence-electron chi connectivity index (χ0n) is 13.0. The molecule has 2 N–H and O–H groups in total. The van der Waals surface area contributed by atoms with E-state index < -0.39 is 11.7 Å². The van der Waals surface area contributed by atoms with Gasteiger partial charge in [0, 0.05) is 18.7 Å². The Labute approximate surface area is 134 Å². The molecule has 2 aromatic rings. The number of amides is 1. The summed E-state index contributed by atoms with van der Waals surface area (Å²) in [5.74, 6) is 0.175. The zero-order chi connectivity index (χ0) is 16.2. The maximum Gasteiger partial charge on any atom is 0.259 e. The van der Waals surface area contributed by atoms with Crippen LogP contribution in [0.4, 0.5) is 10.1 Å². The molecule has 23 heavy (non-hydrogen) atoms. The van der Waals surface area contributed by atoms with Gasteiger partial charge in [0.25, 0.3) is 5.91 Å². The van der Waals surface area contributed by atoms with Crippen molar-refractivity contribution < 1.29 is 9.18 Å². The summed E-state index contributed by atoms with van der Waals surface area (Å²) < 4.78 is 13.6. The number of carbonyl (C=O) groups is 1. The number of nitrogens with zero attached hydrogens (tertiary/aromatic N) is 2. The van der Waals surface area contributed by atoms with Gasteiger partial charge in [0.1, 0.15) is 11.6 Å². The number of rotatable bonds is 3. The van der Waals surface area contributed by atoms with Crippen LogP contribution in [0.2, 0.25) is 0 Å². The lowest BCUT2D eigenvalue weighted by molar-refractivity contribution is 0.102. The van der Waals surface area contributed by atoms with Gasteiger partial charge in [-0.1, -0.05) is 12.1 Å². The maximum atomic E-state index is 13.6. The third-order valence-corrected chi connectivity index (χ3v) is 4.03. The van der Waals surface area contributed by atoms with Crippen LogP contribution in [-0.2, 0) is 0 Å². The van der Waals surface area contributed by atoms with E-state index in [9.17, 15) is 9.18 Å². The van der Waals surface area contributed by atoms with Crippen molar-refractivity contribution in [1.29, 1.82) is 0 Å². The Kier molecular flexibility index (Phi) is 4.62. The third kappa shape index (κ3) is 3.53. The minimum Gasteiger partial charge on any atom is -0.319 e. The smallest absolute Gasteiger partial charge is 0.259 e. The first-order valence-electron chi connectivity index (χ1n) is 7.75. The van der Waals surface area contributed by atoms with E-state index >= 15 is 0 Å². The molecule has 6 heteroatoms. The zero-order valence-corrected chi connectivity index (χ0v) is 13.0. The van der Waals surface area contributed by atoms with Gasteiger partial charge in [0.2, 0.25) is 0 Å². The highest BCUT2D eigenvalue weighted by molar-refractivity contribution is 6.04. The fraction of sp³-hybridized carbons (Fsp3) is 0.353. The number of nitrogens with one attached hydrogen (secondary N) is 2. The number of para-hydroxylation sites is 1. The first-order chi connectivity index (χ1) is 11.1. The second-order valence-electron chi connectivity index (χ2n) is 5.70. The topological polar surface area (TPSA) is 66.9 Å². The van der Waals surface area contributed by atoms with Gasteiger partial charge in [-0.3, -0.25) is 4.79 Å². The van der Waals surface area contributed by atoms with Gasteiger partial charge in [0.15, 0.2) is 0 Å². The Bertz CT molecular complexity index is 713. The predicted molar refractivity (Wildman–Crippen MR) is 86.0 cm³/mol. The average Bonchev–Trinajstić information content (AvgIpc) is 2.57. The fourth-order valence-electron chi connectivity index (χ4n) is 2.73. The summed E-state index contributed by atoms with van der Waals surface area (Å²) in [5, 5.41) is 5.89. The molecule has 0 unspecified atom stereocenters. The maximum absolute atomic E-state index is 13.6. The number of benzene rings is 1. The highest BCUT2D eigenvalue weighted by Crippen LogP contribution is 2.21. The minimum absolute atomic E-state index is 0.150.